The Hall–Kier alpha value is -0.620. The number of rotatable bonds is 5. The van der Waals surface area contributed by atoms with Crippen molar-refractivity contribution in [3.63, 3.8) is 0 Å². The van der Waals surface area contributed by atoms with Crippen LogP contribution < -0.4 is 5.32 Å². The number of benzene rings is 1. The number of carbonyl (C=O) groups excluding carboxylic acids is 1. The molecule has 0 aromatic heterocycles. The third kappa shape index (κ3) is 3.95. The van der Waals surface area contributed by atoms with Gasteiger partial charge in [-0.05, 0) is 73.6 Å². The van der Waals surface area contributed by atoms with Crippen LogP contribution in [0.1, 0.15) is 29.6 Å². The van der Waals surface area contributed by atoms with Crippen molar-refractivity contribution in [2.45, 2.75) is 19.3 Å². The van der Waals surface area contributed by atoms with Crippen molar-refractivity contribution >= 4 is 28.5 Å². The molecule has 0 saturated carbocycles. The van der Waals surface area contributed by atoms with Gasteiger partial charge in [-0.1, -0.05) is 12.1 Å². The van der Waals surface area contributed by atoms with Gasteiger partial charge >= 0.3 is 0 Å². The molecule has 0 atom stereocenters. The highest BCUT2D eigenvalue weighted by Crippen LogP contribution is 2.11. The second-order valence-corrected chi connectivity index (χ2v) is 5.80. The molecule has 1 aromatic carbocycles. The Bertz CT molecular complexity index is 403. The Labute approximate surface area is 122 Å². The number of carbonyl (C=O) groups is 1. The summed E-state index contributed by atoms with van der Waals surface area (Å²) in [7, 11) is 0. The van der Waals surface area contributed by atoms with Gasteiger partial charge in [-0.3, -0.25) is 4.79 Å². The van der Waals surface area contributed by atoms with E-state index >= 15 is 0 Å². The molecule has 1 fully saturated rings. The molecule has 0 bridgehead atoms. The van der Waals surface area contributed by atoms with Gasteiger partial charge in [0.15, 0.2) is 0 Å². The molecule has 4 heteroatoms. The fourth-order valence-electron chi connectivity index (χ4n) is 2.25. The average Bonchev–Trinajstić information content (AvgIpc) is 2.88. The Balaban J connectivity index is 1.70. The van der Waals surface area contributed by atoms with E-state index in [4.69, 9.17) is 0 Å². The van der Waals surface area contributed by atoms with Crippen molar-refractivity contribution < 1.29 is 4.79 Å². The SMILES string of the molecule is O=C(NCCCN1CCCC1)c1ccccc1I. The van der Waals surface area contributed by atoms with Crippen LogP contribution in [0.2, 0.25) is 0 Å². The standard InChI is InChI=1S/C14H19IN2O/c15-13-7-2-1-6-12(13)14(18)16-8-5-11-17-9-3-4-10-17/h1-2,6-7H,3-5,8-11H2,(H,16,18). The van der Waals surface area contributed by atoms with Crippen LogP contribution in [0.4, 0.5) is 0 Å². The highest BCUT2D eigenvalue weighted by Gasteiger charge is 2.11. The van der Waals surface area contributed by atoms with Crippen LogP contribution in [0, 0.1) is 3.57 Å². The van der Waals surface area contributed by atoms with Gasteiger partial charge in [0.1, 0.15) is 0 Å². The smallest absolute Gasteiger partial charge is 0.252 e. The van der Waals surface area contributed by atoms with Gasteiger partial charge in [-0.2, -0.15) is 0 Å². The summed E-state index contributed by atoms with van der Waals surface area (Å²) in [6.07, 6.45) is 3.69. The number of amides is 1. The van der Waals surface area contributed by atoms with Gasteiger partial charge in [0.05, 0.1) is 5.56 Å². The lowest BCUT2D eigenvalue weighted by atomic mass is 10.2. The Morgan fingerprint density at radius 3 is 2.72 bits per heavy atom. The highest BCUT2D eigenvalue weighted by atomic mass is 127. The van der Waals surface area contributed by atoms with Crippen molar-refractivity contribution in [3.8, 4) is 0 Å². The number of nitrogens with one attached hydrogen (secondary N) is 1. The van der Waals surface area contributed by atoms with E-state index in [1.165, 1.54) is 25.9 Å². The molecule has 0 spiro atoms. The minimum absolute atomic E-state index is 0.0430. The predicted octanol–water partition coefficient (Wildman–Crippen LogP) is 2.51. The van der Waals surface area contributed by atoms with Crippen molar-refractivity contribution in [1.29, 1.82) is 0 Å². The van der Waals surface area contributed by atoms with E-state index in [0.29, 0.717) is 0 Å². The number of hydrogen-bond acceptors (Lipinski definition) is 2. The third-order valence-corrected chi connectivity index (χ3v) is 4.19. The van der Waals surface area contributed by atoms with Gasteiger partial charge in [0, 0.05) is 10.1 Å². The minimum Gasteiger partial charge on any atom is -0.352 e. The average molecular weight is 358 g/mol. The van der Waals surface area contributed by atoms with Crippen LogP contribution in [0.15, 0.2) is 24.3 Å². The second kappa shape index (κ2) is 7.09. The summed E-state index contributed by atoms with van der Waals surface area (Å²) in [6, 6.07) is 7.69. The van der Waals surface area contributed by atoms with Crippen molar-refractivity contribution in [2.24, 2.45) is 0 Å². The lowest BCUT2D eigenvalue weighted by molar-refractivity contribution is 0.0951. The van der Waals surface area contributed by atoms with E-state index in [2.05, 4.69) is 32.8 Å². The first-order valence-corrected chi connectivity index (χ1v) is 7.60. The molecule has 1 heterocycles. The molecule has 1 aliphatic rings. The van der Waals surface area contributed by atoms with Crippen LogP contribution in [0.3, 0.4) is 0 Å². The zero-order chi connectivity index (χ0) is 12.8. The number of halogens is 1. The monoisotopic (exact) mass is 358 g/mol. The normalized spacial score (nSPS) is 15.8. The molecule has 1 saturated heterocycles. The second-order valence-electron chi connectivity index (χ2n) is 4.64. The third-order valence-electron chi connectivity index (χ3n) is 3.25. The molecule has 98 valence electrons. The maximum atomic E-state index is 11.9. The molecule has 3 nitrogen and oxygen atoms in total. The molecule has 0 unspecified atom stereocenters. The van der Waals surface area contributed by atoms with Crippen LogP contribution in [0.25, 0.3) is 0 Å². The molecule has 1 amide bonds. The molecule has 0 aliphatic carbocycles. The molecule has 1 aliphatic heterocycles. The summed E-state index contributed by atoms with van der Waals surface area (Å²) >= 11 is 2.20. The fraction of sp³-hybridized carbons (Fsp3) is 0.500. The lowest BCUT2D eigenvalue weighted by Gasteiger charge is -2.14. The van der Waals surface area contributed by atoms with E-state index in [9.17, 15) is 4.79 Å². The molecule has 1 N–H and O–H groups in total. The summed E-state index contributed by atoms with van der Waals surface area (Å²) in [5.41, 5.74) is 0.777. The predicted molar refractivity (Wildman–Crippen MR) is 81.8 cm³/mol. The summed E-state index contributed by atoms with van der Waals surface area (Å²) in [4.78, 5) is 14.4. The van der Waals surface area contributed by atoms with Crippen LogP contribution >= 0.6 is 22.6 Å². The minimum atomic E-state index is 0.0430. The largest absolute Gasteiger partial charge is 0.352 e. The zero-order valence-corrected chi connectivity index (χ0v) is 12.7. The van der Waals surface area contributed by atoms with Crippen molar-refractivity contribution in [2.75, 3.05) is 26.2 Å². The first-order valence-electron chi connectivity index (χ1n) is 6.52. The first kappa shape index (κ1) is 13.8. The molecule has 1 aromatic rings. The van der Waals surface area contributed by atoms with Gasteiger partial charge in [0.2, 0.25) is 0 Å². The molecule has 18 heavy (non-hydrogen) atoms. The number of nitrogens with zero attached hydrogens (tertiary/aromatic N) is 1. The number of likely N-dealkylation sites (tertiary alicyclic amines) is 1. The Kier molecular flexibility index (Phi) is 5.44. The van der Waals surface area contributed by atoms with Crippen LogP contribution in [-0.4, -0.2) is 37.0 Å². The van der Waals surface area contributed by atoms with E-state index in [1.54, 1.807) is 0 Å². The molecule has 2 rings (SSSR count). The van der Waals surface area contributed by atoms with Gasteiger partial charge in [-0.25, -0.2) is 0 Å². The summed E-state index contributed by atoms with van der Waals surface area (Å²) in [5, 5.41) is 2.99. The lowest BCUT2D eigenvalue weighted by Crippen LogP contribution is -2.29. The summed E-state index contributed by atoms with van der Waals surface area (Å²) in [5.74, 6) is 0.0430. The maximum Gasteiger partial charge on any atom is 0.252 e. The van der Waals surface area contributed by atoms with Gasteiger partial charge in [0.25, 0.3) is 5.91 Å². The van der Waals surface area contributed by atoms with Gasteiger partial charge in [-0.15, -0.1) is 0 Å². The molecule has 0 radical (unpaired) electrons. The molecular weight excluding hydrogens is 339 g/mol. The maximum absolute atomic E-state index is 11.9. The topological polar surface area (TPSA) is 32.3 Å². The Morgan fingerprint density at radius 2 is 2.00 bits per heavy atom. The van der Waals surface area contributed by atoms with E-state index in [-0.39, 0.29) is 5.91 Å². The summed E-state index contributed by atoms with van der Waals surface area (Å²) in [6.45, 7) is 4.32. The zero-order valence-electron chi connectivity index (χ0n) is 10.5. The molecular formula is C14H19IN2O. The summed E-state index contributed by atoms with van der Waals surface area (Å²) < 4.78 is 1.01. The Morgan fingerprint density at radius 1 is 1.28 bits per heavy atom. The van der Waals surface area contributed by atoms with Crippen LogP contribution in [0.5, 0.6) is 0 Å². The number of hydrogen-bond donors (Lipinski definition) is 1. The van der Waals surface area contributed by atoms with E-state index in [1.807, 2.05) is 24.3 Å². The van der Waals surface area contributed by atoms with E-state index < -0.39 is 0 Å². The fourth-order valence-corrected chi connectivity index (χ4v) is 2.88. The van der Waals surface area contributed by atoms with Gasteiger partial charge < -0.3 is 10.2 Å². The van der Waals surface area contributed by atoms with Crippen molar-refractivity contribution in [1.82, 2.24) is 10.2 Å². The van der Waals surface area contributed by atoms with E-state index in [0.717, 1.165) is 28.6 Å². The quantitative estimate of drug-likeness (QED) is 0.648. The highest BCUT2D eigenvalue weighted by molar-refractivity contribution is 14.1. The first-order chi connectivity index (χ1) is 8.77. The van der Waals surface area contributed by atoms with Crippen molar-refractivity contribution in [3.05, 3.63) is 33.4 Å². The van der Waals surface area contributed by atoms with Crippen LogP contribution in [-0.2, 0) is 0 Å².